The van der Waals surface area contributed by atoms with E-state index in [9.17, 15) is 4.79 Å². The third-order valence-electron chi connectivity index (χ3n) is 3.16. The van der Waals surface area contributed by atoms with Crippen LogP contribution in [-0.4, -0.2) is 43.0 Å². The summed E-state index contributed by atoms with van der Waals surface area (Å²) in [7, 11) is 1.83. The van der Waals surface area contributed by atoms with Gasteiger partial charge in [0.15, 0.2) is 0 Å². The third kappa shape index (κ3) is 4.18. The van der Waals surface area contributed by atoms with E-state index < -0.39 is 0 Å². The van der Waals surface area contributed by atoms with Crippen LogP contribution in [0.25, 0.3) is 0 Å². The summed E-state index contributed by atoms with van der Waals surface area (Å²) < 4.78 is 0. The molecule has 0 aromatic rings. The molecule has 0 aromatic carbocycles. The van der Waals surface area contributed by atoms with Crippen LogP contribution in [0, 0.1) is 0 Å². The molecule has 15 heavy (non-hydrogen) atoms. The van der Waals surface area contributed by atoms with Crippen molar-refractivity contribution in [2.75, 3.05) is 20.1 Å². The van der Waals surface area contributed by atoms with E-state index in [1.165, 1.54) is 6.42 Å². The summed E-state index contributed by atoms with van der Waals surface area (Å²) in [5, 5.41) is 3.30. The van der Waals surface area contributed by atoms with Crippen LogP contribution in [-0.2, 0) is 4.79 Å². The van der Waals surface area contributed by atoms with E-state index in [-0.39, 0.29) is 5.91 Å². The number of amides is 1. The topological polar surface area (TPSA) is 58.4 Å². The molecule has 1 amide bonds. The monoisotopic (exact) mass is 213 g/mol. The summed E-state index contributed by atoms with van der Waals surface area (Å²) >= 11 is 0. The Kier molecular flexibility index (Phi) is 5.05. The zero-order valence-corrected chi connectivity index (χ0v) is 9.83. The minimum atomic E-state index is 0.164. The van der Waals surface area contributed by atoms with Crippen molar-refractivity contribution >= 4 is 5.91 Å². The highest BCUT2D eigenvalue weighted by atomic mass is 16.2. The van der Waals surface area contributed by atoms with E-state index in [2.05, 4.69) is 5.32 Å². The molecule has 1 rings (SSSR count). The Hall–Kier alpha value is -0.610. The number of nitrogens with zero attached hydrogens (tertiary/aromatic N) is 1. The number of hydrogen-bond acceptors (Lipinski definition) is 3. The molecule has 2 unspecified atom stereocenters. The third-order valence-corrected chi connectivity index (χ3v) is 3.16. The lowest BCUT2D eigenvalue weighted by atomic mass is 9.92. The first-order valence-corrected chi connectivity index (χ1v) is 5.86. The van der Waals surface area contributed by atoms with E-state index in [4.69, 9.17) is 5.73 Å². The number of rotatable bonds is 4. The van der Waals surface area contributed by atoms with Gasteiger partial charge in [-0.05, 0) is 26.2 Å². The first-order valence-electron chi connectivity index (χ1n) is 5.86. The molecule has 0 saturated heterocycles. The normalized spacial score (nSPS) is 26.3. The van der Waals surface area contributed by atoms with Gasteiger partial charge in [0.05, 0.1) is 6.54 Å². The fourth-order valence-corrected chi connectivity index (χ4v) is 1.96. The van der Waals surface area contributed by atoms with E-state index in [1.54, 1.807) is 4.90 Å². The van der Waals surface area contributed by atoms with Crippen LogP contribution in [0.1, 0.15) is 32.6 Å². The second-order valence-electron chi connectivity index (χ2n) is 4.41. The zero-order chi connectivity index (χ0) is 11.3. The van der Waals surface area contributed by atoms with Gasteiger partial charge in [-0.1, -0.05) is 6.42 Å². The van der Waals surface area contributed by atoms with E-state index in [0.29, 0.717) is 18.6 Å². The van der Waals surface area contributed by atoms with Gasteiger partial charge in [0.2, 0.25) is 5.91 Å². The molecular formula is C11H23N3O. The largest absolute Gasteiger partial charge is 0.345 e. The van der Waals surface area contributed by atoms with Crippen molar-refractivity contribution in [2.24, 2.45) is 5.73 Å². The van der Waals surface area contributed by atoms with Crippen LogP contribution in [0.2, 0.25) is 0 Å². The maximum absolute atomic E-state index is 11.5. The van der Waals surface area contributed by atoms with E-state index in [1.807, 2.05) is 14.0 Å². The van der Waals surface area contributed by atoms with Crippen molar-refractivity contribution in [1.29, 1.82) is 0 Å². The minimum absolute atomic E-state index is 0.164. The van der Waals surface area contributed by atoms with Crippen molar-refractivity contribution in [1.82, 2.24) is 10.2 Å². The summed E-state index contributed by atoms with van der Waals surface area (Å²) in [5.41, 5.74) is 5.88. The summed E-state index contributed by atoms with van der Waals surface area (Å²) in [5.74, 6) is 0.164. The highest BCUT2D eigenvalue weighted by Crippen LogP contribution is 2.16. The quantitative estimate of drug-likeness (QED) is 0.707. The molecule has 1 fully saturated rings. The van der Waals surface area contributed by atoms with Gasteiger partial charge < -0.3 is 16.0 Å². The zero-order valence-electron chi connectivity index (χ0n) is 9.83. The van der Waals surface area contributed by atoms with Crippen LogP contribution in [0.3, 0.4) is 0 Å². The number of hydrogen-bond donors (Lipinski definition) is 2. The molecule has 4 nitrogen and oxygen atoms in total. The van der Waals surface area contributed by atoms with Gasteiger partial charge >= 0.3 is 0 Å². The molecule has 0 heterocycles. The van der Waals surface area contributed by atoms with Crippen LogP contribution in [0.5, 0.6) is 0 Å². The van der Waals surface area contributed by atoms with E-state index >= 15 is 0 Å². The molecule has 1 aliphatic rings. The van der Waals surface area contributed by atoms with Gasteiger partial charge in [0, 0.05) is 25.7 Å². The van der Waals surface area contributed by atoms with Gasteiger partial charge in [0.1, 0.15) is 0 Å². The average molecular weight is 213 g/mol. The van der Waals surface area contributed by atoms with Crippen LogP contribution in [0.15, 0.2) is 0 Å². The Balaban J connectivity index is 2.21. The Morgan fingerprint density at radius 1 is 1.53 bits per heavy atom. The van der Waals surface area contributed by atoms with Gasteiger partial charge in [-0.25, -0.2) is 0 Å². The van der Waals surface area contributed by atoms with Gasteiger partial charge in [0.25, 0.3) is 0 Å². The minimum Gasteiger partial charge on any atom is -0.345 e. The van der Waals surface area contributed by atoms with Gasteiger partial charge in [-0.3, -0.25) is 4.79 Å². The lowest BCUT2D eigenvalue weighted by Crippen LogP contribution is -2.44. The van der Waals surface area contributed by atoms with Crippen LogP contribution >= 0.6 is 0 Å². The summed E-state index contributed by atoms with van der Waals surface area (Å²) in [6.45, 7) is 3.20. The van der Waals surface area contributed by atoms with Crippen molar-refractivity contribution in [3.05, 3.63) is 0 Å². The molecule has 4 heteroatoms. The van der Waals surface area contributed by atoms with Crippen molar-refractivity contribution in [2.45, 2.75) is 44.7 Å². The highest BCUT2D eigenvalue weighted by Gasteiger charge is 2.19. The summed E-state index contributed by atoms with van der Waals surface area (Å²) in [6.07, 6.45) is 4.46. The first kappa shape index (κ1) is 12.5. The fourth-order valence-electron chi connectivity index (χ4n) is 1.96. The second kappa shape index (κ2) is 6.08. The van der Waals surface area contributed by atoms with Crippen LogP contribution in [0.4, 0.5) is 0 Å². The van der Waals surface area contributed by atoms with Crippen molar-refractivity contribution in [3.63, 3.8) is 0 Å². The molecule has 2 atom stereocenters. The predicted molar refractivity (Wildman–Crippen MR) is 61.5 cm³/mol. The Labute approximate surface area is 92.2 Å². The average Bonchev–Trinajstić information content (AvgIpc) is 2.25. The maximum Gasteiger partial charge on any atom is 0.236 e. The summed E-state index contributed by atoms with van der Waals surface area (Å²) in [4.78, 5) is 13.3. The number of nitrogens with one attached hydrogen (secondary N) is 1. The molecule has 0 radical (unpaired) electrons. The molecule has 1 aliphatic carbocycles. The molecule has 0 spiro atoms. The molecule has 1 saturated carbocycles. The molecule has 0 aliphatic heterocycles. The number of carbonyl (C=O) groups excluding carboxylic acids is 1. The predicted octanol–water partition coefficient (Wildman–Crippen LogP) is 0.324. The Morgan fingerprint density at radius 2 is 2.27 bits per heavy atom. The SMILES string of the molecule is CCN(C)C(=O)CNC1CCCC(N)C1. The smallest absolute Gasteiger partial charge is 0.236 e. The number of nitrogens with two attached hydrogens (primary N) is 1. The number of likely N-dealkylation sites (N-methyl/N-ethyl adjacent to an activating group) is 1. The van der Waals surface area contributed by atoms with E-state index in [0.717, 1.165) is 25.8 Å². The highest BCUT2D eigenvalue weighted by molar-refractivity contribution is 5.77. The van der Waals surface area contributed by atoms with Gasteiger partial charge in [-0.15, -0.1) is 0 Å². The molecular weight excluding hydrogens is 190 g/mol. The standard InChI is InChI=1S/C11H23N3O/c1-3-14(2)11(15)8-13-10-6-4-5-9(12)7-10/h9-10,13H,3-8,12H2,1-2H3. The van der Waals surface area contributed by atoms with Crippen LogP contribution < -0.4 is 11.1 Å². The lowest BCUT2D eigenvalue weighted by Gasteiger charge is -2.27. The summed E-state index contributed by atoms with van der Waals surface area (Å²) in [6, 6.07) is 0.748. The second-order valence-corrected chi connectivity index (χ2v) is 4.41. The molecule has 3 N–H and O–H groups in total. The first-order chi connectivity index (χ1) is 7.13. The lowest BCUT2D eigenvalue weighted by molar-refractivity contribution is -0.128. The maximum atomic E-state index is 11.5. The van der Waals surface area contributed by atoms with Gasteiger partial charge in [-0.2, -0.15) is 0 Å². The molecule has 88 valence electrons. The Bertz CT molecular complexity index is 208. The molecule has 0 aromatic heterocycles. The fraction of sp³-hybridized carbons (Fsp3) is 0.909. The number of carbonyl (C=O) groups is 1. The van der Waals surface area contributed by atoms with Crippen molar-refractivity contribution in [3.8, 4) is 0 Å². The Morgan fingerprint density at radius 3 is 2.87 bits per heavy atom. The molecule has 0 bridgehead atoms. The van der Waals surface area contributed by atoms with Crippen molar-refractivity contribution < 1.29 is 4.79 Å².